The van der Waals surface area contributed by atoms with Gasteiger partial charge in [0.25, 0.3) is 0 Å². The molecule has 0 radical (unpaired) electrons. The minimum Gasteiger partial charge on any atom is -0.315 e. The summed E-state index contributed by atoms with van der Waals surface area (Å²) in [6, 6.07) is 0.630. The Hall–Kier alpha value is -0.0800. The van der Waals surface area contributed by atoms with Crippen LogP contribution in [0.4, 0.5) is 0 Å². The van der Waals surface area contributed by atoms with Crippen molar-refractivity contribution in [1.82, 2.24) is 10.2 Å². The first-order valence-corrected chi connectivity index (χ1v) is 5.05. The minimum absolute atomic E-state index is 0.630. The van der Waals surface area contributed by atoms with Crippen LogP contribution in [0.2, 0.25) is 0 Å². The van der Waals surface area contributed by atoms with Gasteiger partial charge in [0.15, 0.2) is 0 Å². The fourth-order valence-electron chi connectivity index (χ4n) is 1.40. The molecule has 0 aromatic rings. The first-order chi connectivity index (χ1) is 5.65. The summed E-state index contributed by atoms with van der Waals surface area (Å²) >= 11 is 0. The average Bonchev–Trinajstić information content (AvgIpc) is 2.06. The van der Waals surface area contributed by atoms with E-state index in [2.05, 4.69) is 37.9 Å². The standard InChI is InChI=1S/C10H24N2/c1-6-12(7-2)8-10(11-5)9(3)4/h9-11H,6-8H2,1-5H3/t10-/m0/s1. The van der Waals surface area contributed by atoms with Gasteiger partial charge in [-0.1, -0.05) is 27.7 Å². The normalized spacial score (nSPS) is 14.2. The van der Waals surface area contributed by atoms with E-state index in [0.29, 0.717) is 6.04 Å². The summed E-state index contributed by atoms with van der Waals surface area (Å²) < 4.78 is 0. The second-order valence-corrected chi connectivity index (χ2v) is 3.63. The number of hydrogen-bond donors (Lipinski definition) is 1. The third-order valence-electron chi connectivity index (χ3n) is 2.52. The highest BCUT2D eigenvalue weighted by Gasteiger charge is 2.13. The first kappa shape index (κ1) is 11.9. The minimum atomic E-state index is 0.630. The SMILES string of the molecule is CCN(CC)C[C@H](NC)C(C)C. The molecule has 0 saturated carbocycles. The monoisotopic (exact) mass is 172 g/mol. The molecule has 0 heterocycles. The molecule has 0 fully saturated rings. The maximum atomic E-state index is 3.36. The van der Waals surface area contributed by atoms with Crippen LogP contribution in [0.3, 0.4) is 0 Å². The molecule has 0 unspecified atom stereocenters. The molecular weight excluding hydrogens is 148 g/mol. The summed E-state index contributed by atoms with van der Waals surface area (Å²) in [7, 11) is 2.05. The van der Waals surface area contributed by atoms with Gasteiger partial charge in [0.2, 0.25) is 0 Å². The van der Waals surface area contributed by atoms with Gasteiger partial charge in [0.05, 0.1) is 0 Å². The van der Waals surface area contributed by atoms with Gasteiger partial charge in [-0.05, 0) is 26.1 Å². The van der Waals surface area contributed by atoms with E-state index in [1.54, 1.807) is 0 Å². The zero-order valence-corrected chi connectivity index (χ0v) is 9.22. The van der Waals surface area contributed by atoms with Crippen molar-refractivity contribution in [3.05, 3.63) is 0 Å². The first-order valence-electron chi connectivity index (χ1n) is 5.05. The maximum absolute atomic E-state index is 3.36. The molecule has 0 aliphatic rings. The predicted molar refractivity (Wildman–Crippen MR) is 55.5 cm³/mol. The lowest BCUT2D eigenvalue weighted by Gasteiger charge is -2.27. The van der Waals surface area contributed by atoms with Gasteiger partial charge in [0, 0.05) is 12.6 Å². The van der Waals surface area contributed by atoms with Crippen LogP contribution in [0.5, 0.6) is 0 Å². The Kier molecular flexibility index (Phi) is 6.39. The lowest BCUT2D eigenvalue weighted by Crippen LogP contribution is -2.42. The average molecular weight is 172 g/mol. The van der Waals surface area contributed by atoms with Crippen LogP contribution >= 0.6 is 0 Å². The van der Waals surface area contributed by atoms with Crippen molar-refractivity contribution in [3.8, 4) is 0 Å². The Morgan fingerprint density at radius 1 is 1.17 bits per heavy atom. The molecule has 1 N–H and O–H groups in total. The van der Waals surface area contributed by atoms with Crippen LogP contribution in [0.25, 0.3) is 0 Å². The number of likely N-dealkylation sites (N-methyl/N-ethyl adjacent to an activating group) is 2. The number of nitrogens with one attached hydrogen (secondary N) is 1. The highest BCUT2D eigenvalue weighted by molar-refractivity contribution is 4.72. The van der Waals surface area contributed by atoms with Crippen molar-refractivity contribution in [2.75, 3.05) is 26.7 Å². The van der Waals surface area contributed by atoms with Gasteiger partial charge in [-0.3, -0.25) is 0 Å². The van der Waals surface area contributed by atoms with E-state index in [9.17, 15) is 0 Å². The Morgan fingerprint density at radius 3 is 1.92 bits per heavy atom. The summed E-state index contributed by atoms with van der Waals surface area (Å²) in [4.78, 5) is 2.46. The second kappa shape index (κ2) is 6.44. The van der Waals surface area contributed by atoms with Crippen molar-refractivity contribution in [2.45, 2.75) is 33.7 Å². The Labute approximate surface area is 77.3 Å². The molecule has 0 spiro atoms. The molecule has 2 nitrogen and oxygen atoms in total. The van der Waals surface area contributed by atoms with Crippen molar-refractivity contribution >= 4 is 0 Å². The molecule has 0 aliphatic heterocycles. The lowest BCUT2D eigenvalue weighted by molar-refractivity contribution is 0.242. The van der Waals surface area contributed by atoms with E-state index < -0.39 is 0 Å². The van der Waals surface area contributed by atoms with Gasteiger partial charge in [-0.15, -0.1) is 0 Å². The molecule has 1 atom stereocenters. The number of nitrogens with zero attached hydrogens (tertiary/aromatic N) is 1. The molecule has 0 saturated heterocycles. The molecule has 74 valence electrons. The van der Waals surface area contributed by atoms with Crippen LogP contribution in [-0.4, -0.2) is 37.6 Å². The van der Waals surface area contributed by atoms with Gasteiger partial charge in [-0.2, -0.15) is 0 Å². The van der Waals surface area contributed by atoms with Crippen molar-refractivity contribution < 1.29 is 0 Å². The van der Waals surface area contributed by atoms with Crippen molar-refractivity contribution in [2.24, 2.45) is 5.92 Å². The fraction of sp³-hybridized carbons (Fsp3) is 1.00. The predicted octanol–water partition coefficient (Wildman–Crippen LogP) is 1.57. The quantitative estimate of drug-likeness (QED) is 0.654. The van der Waals surface area contributed by atoms with E-state index in [-0.39, 0.29) is 0 Å². The summed E-state index contributed by atoms with van der Waals surface area (Å²) in [5.41, 5.74) is 0. The summed E-state index contributed by atoms with van der Waals surface area (Å²) in [6.07, 6.45) is 0. The highest BCUT2D eigenvalue weighted by atomic mass is 15.1. The van der Waals surface area contributed by atoms with Gasteiger partial charge in [-0.25, -0.2) is 0 Å². The molecule has 12 heavy (non-hydrogen) atoms. The summed E-state index contributed by atoms with van der Waals surface area (Å²) in [5.74, 6) is 0.718. The molecular formula is C10H24N2. The molecule has 0 aliphatic carbocycles. The van der Waals surface area contributed by atoms with E-state index in [4.69, 9.17) is 0 Å². The van der Waals surface area contributed by atoms with Gasteiger partial charge < -0.3 is 10.2 Å². The topological polar surface area (TPSA) is 15.3 Å². The van der Waals surface area contributed by atoms with Crippen LogP contribution in [0, 0.1) is 5.92 Å². The number of rotatable bonds is 6. The van der Waals surface area contributed by atoms with Crippen molar-refractivity contribution in [1.29, 1.82) is 0 Å². The second-order valence-electron chi connectivity index (χ2n) is 3.63. The van der Waals surface area contributed by atoms with Crippen LogP contribution < -0.4 is 5.32 Å². The van der Waals surface area contributed by atoms with E-state index in [1.807, 2.05) is 7.05 Å². The Morgan fingerprint density at radius 2 is 1.67 bits per heavy atom. The van der Waals surface area contributed by atoms with Crippen LogP contribution in [0.1, 0.15) is 27.7 Å². The van der Waals surface area contributed by atoms with E-state index in [1.165, 1.54) is 6.54 Å². The molecule has 0 aromatic carbocycles. The third kappa shape index (κ3) is 4.07. The molecule has 0 aromatic heterocycles. The summed E-state index contributed by atoms with van der Waals surface area (Å²) in [6.45, 7) is 12.5. The highest BCUT2D eigenvalue weighted by Crippen LogP contribution is 2.03. The maximum Gasteiger partial charge on any atom is 0.0214 e. The zero-order chi connectivity index (χ0) is 9.56. The van der Waals surface area contributed by atoms with E-state index >= 15 is 0 Å². The van der Waals surface area contributed by atoms with Crippen LogP contribution in [0.15, 0.2) is 0 Å². The lowest BCUT2D eigenvalue weighted by atomic mass is 10.0. The van der Waals surface area contributed by atoms with Gasteiger partial charge >= 0.3 is 0 Å². The van der Waals surface area contributed by atoms with Crippen molar-refractivity contribution in [3.63, 3.8) is 0 Å². The molecule has 0 amide bonds. The Balaban J connectivity index is 3.82. The smallest absolute Gasteiger partial charge is 0.0214 e. The summed E-state index contributed by atoms with van der Waals surface area (Å²) in [5, 5.41) is 3.36. The fourth-order valence-corrected chi connectivity index (χ4v) is 1.40. The number of hydrogen-bond acceptors (Lipinski definition) is 2. The molecule has 0 rings (SSSR count). The zero-order valence-electron chi connectivity index (χ0n) is 9.22. The van der Waals surface area contributed by atoms with Gasteiger partial charge in [0.1, 0.15) is 0 Å². The van der Waals surface area contributed by atoms with E-state index in [0.717, 1.165) is 19.0 Å². The van der Waals surface area contributed by atoms with Crippen LogP contribution in [-0.2, 0) is 0 Å². The largest absolute Gasteiger partial charge is 0.315 e. The third-order valence-corrected chi connectivity index (χ3v) is 2.52. The molecule has 0 bridgehead atoms. The Bertz CT molecular complexity index is 98.0. The molecule has 2 heteroatoms.